The zero-order chi connectivity index (χ0) is 19.2. The van der Waals surface area contributed by atoms with Crippen LogP contribution in [0.25, 0.3) is 0 Å². The first-order valence-corrected chi connectivity index (χ1v) is 10.3. The van der Waals surface area contributed by atoms with E-state index < -0.39 is 0 Å². The molecule has 0 aromatic heterocycles. The number of methoxy groups -OCH3 is 1. The summed E-state index contributed by atoms with van der Waals surface area (Å²) >= 11 is 13.1. The minimum Gasteiger partial charge on any atom is -0.493 e. The van der Waals surface area contributed by atoms with Gasteiger partial charge < -0.3 is 14.8 Å². The smallest absolute Gasteiger partial charge is 0.175 e. The first-order valence-electron chi connectivity index (χ1n) is 8.29. The summed E-state index contributed by atoms with van der Waals surface area (Å²) in [5, 5.41) is 4.03. The van der Waals surface area contributed by atoms with E-state index in [4.69, 9.17) is 21.1 Å². The van der Waals surface area contributed by atoms with E-state index >= 15 is 0 Å². The summed E-state index contributed by atoms with van der Waals surface area (Å²) in [6.07, 6.45) is 0. The van der Waals surface area contributed by atoms with Crippen LogP contribution in [0.4, 0.5) is 5.69 Å². The van der Waals surface area contributed by atoms with Gasteiger partial charge >= 0.3 is 0 Å². The molecule has 0 fully saturated rings. The monoisotopic (exact) mass is 509 g/mol. The molecule has 3 aromatic rings. The van der Waals surface area contributed by atoms with Gasteiger partial charge in [0.1, 0.15) is 6.61 Å². The first-order chi connectivity index (χ1) is 13.1. The van der Waals surface area contributed by atoms with Crippen LogP contribution in [0.2, 0.25) is 5.02 Å². The summed E-state index contributed by atoms with van der Waals surface area (Å²) in [6, 6.07) is 19.8. The Hall–Kier alpha value is -1.69. The molecule has 3 nitrogen and oxygen atoms in total. The summed E-state index contributed by atoms with van der Waals surface area (Å²) < 4.78 is 13.2. The Labute approximate surface area is 180 Å². The van der Waals surface area contributed by atoms with Gasteiger partial charge in [-0.3, -0.25) is 0 Å². The standard InChI is InChI=1S/C21H18Br2ClNO2/c1-26-20-10-15(12-25-16-7-8-17(22)19(24)11-16)9-18(23)21(20)27-13-14-5-3-2-4-6-14/h2-11,25H,12-13H2,1H3. The van der Waals surface area contributed by atoms with Crippen molar-refractivity contribution in [3.63, 3.8) is 0 Å². The van der Waals surface area contributed by atoms with Gasteiger partial charge in [0, 0.05) is 16.7 Å². The summed E-state index contributed by atoms with van der Waals surface area (Å²) in [4.78, 5) is 0. The maximum Gasteiger partial charge on any atom is 0.175 e. The molecule has 0 aliphatic carbocycles. The zero-order valence-corrected chi connectivity index (χ0v) is 18.6. The normalized spacial score (nSPS) is 10.5. The lowest BCUT2D eigenvalue weighted by Crippen LogP contribution is -2.03. The molecule has 0 aliphatic heterocycles. The number of ether oxygens (including phenoxy) is 2. The van der Waals surface area contributed by atoms with Gasteiger partial charge in [-0.25, -0.2) is 0 Å². The molecule has 27 heavy (non-hydrogen) atoms. The van der Waals surface area contributed by atoms with Crippen LogP contribution in [0.3, 0.4) is 0 Å². The van der Waals surface area contributed by atoms with Crippen LogP contribution in [0, 0.1) is 0 Å². The molecular formula is C21H18Br2ClNO2. The van der Waals surface area contributed by atoms with Crippen LogP contribution in [-0.2, 0) is 13.2 Å². The molecule has 0 saturated heterocycles. The number of anilines is 1. The topological polar surface area (TPSA) is 30.5 Å². The molecule has 3 rings (SSSR count). The maximum absolute atomic E-state index is 6.14. The lowest BCUT2D eigenvalue weighted by Gasteiger charge is -2.15. The second kappa shape index (κ2) is 9.49. The van der Waals surface area contributed by atoms with Crippen molar-refractivity contribution in [3.05, 3.63) is 85.8 Å². The number of benzene rings is 3. The van der Waals surface area contributed by atoms with Gasteiger partial charge in [0.25, 0.3) is 0 Å². The number of hydrogen-bond acceptors (Lipinski definition) is 3. The van der Waals surface area contributed by atoms with E-state index in [9.17, 15) is 0 Å². The van der Waals surface area contributed by atoms with Crippen molar-refractivity contribution >= 4 is 49.1 Å². The van der Waals surface area contributed by atoms with Gasteiger partial charge in [-0.15, -0.1) is 0 Å². The van der Waals surface area contributed by atoms with Crippen LogP contribution in [0.1, 0.15) is 11.1 Å². The molecule has 0 heterocycles. The highest BCUT2D eigenvalue weighted by atomic mass is 79.9. The molecule has 3 aromatic carbocycles. The lowest BCUT2D eigenvalue weighted by molar-refractivity contribution is 0.282. The van der Waals surface area contributed by atoms with Crippen molar-refractivity contribution in [2.24, 2.45) is 0 Å². The predicted molar refractivity (Wildman–Crippen MR) is 118 cm³/mol. The Bertz CT molecular complexity index is 920. The Morgan fingerprint density at radius 2 is 1.70 bits per heavy atom. The number of halogens is 3. The van der Waals surface area contributed by atoms with E-state index in [0.29, 0.717) is 29.7 Å². The van der Waals surface area contributed by atoms with Crippen LogP contribution in [0.15, 0.2) is 69.6 Å². The molecule has 140 valence electrons. The maximum atomic E-state index is 6.14. The SMILES string of the molecule is COc1cc(CNc2ccc(Br)c(Cl)c2)cc(Br)c1OCc1ccccc1. The van der Waals surface area contributed by atoms with E-state index in [1.165, 1.54) is 0 Å². The molecule has 1 N–H and O–H groups in total. The van der Waals surface area contributed by atoms with E-state index in [0.717, 1.165) is 25.8 Å². The lowest BCUT2D eigenvalue weighted by atomic mass is 10.2. The van der Waals surface area contributed by atoms with Crippen molar-refractivity contribution in [3.8, 4) is 11.5 Å². The number of rotatable bonds is 7. The van der Waals surface area contributed by atoms with Gasteiger partial charge in [0.05, 0.1) is 16.6 Å². The van der Waals surface area contributed by atoms with Gasteiger partial charge in [0.2, 0.25) is 0 Å². The Morgan fingerprint density at radius 1 is 0.926 bits per heavy atom. The first kappa shape index (κ1) is 20.1. The quantitative estimate of drug-likeness (QED) is 0.368. The molecule has 0 spiro atoms. The molecular weight excluding hydrogens is 493 g/mol. The second-order valence-electron chi connectivity index (χ2n) is 5.87. The fourth-order valence-corrected chi connectivity index (χ4v) is 3.59. The van der Waals surface area contributed by atoms with Crippen molar-refractivity contribution in [2.75, 3.05) is 12.4 Å². The summed E-state index contributed by atoms with van der Waals surface area (Å²) in [5.41, 5.74) is 3.11. The highest BCUT2D eigenvalue weighted by molar-refractivity contribution is 9.10. The van der Waals surface area contributed by atoms with Crippen LogP contribution in [-0.4, -0.2) is 7.11 Å². The third kappa shape index (κ3) is 5.41. The molecule has 0 radical (unpaired) electrons. The Morgan fingerprint density at radius 3 is 2.41 bits per heavy atom. The van der Waals surface area contributed by atoms with E-state index in [2.05, 4.69) is 37.2 Å². The third-order valence-electron chi connectivity index (χ3n) is 3.93. The minimum absolute atomic E-state index is 0.477. The number of nitrogens with one attached hydrogen (secondary N) is 1. The van der Waals surface area contributed by atoms with Crippen molar-refractivity contribution < 1.29 is 9.47 Å². The highest BCUT2D eigenvalue weighted by Gasteiger charge is 2.12. The molecule has 0 bridgehead atoms. The molecule has 0 saturated carbocycles. The van der Waals surface area contributed by atoms with Gasteiger partial charge in [-0.05, 0) is 73.3 Å². The second-order valence-corrected chi connectivity index (χ2v) is 7.98. The van der Waals surface area contributed by atoms with E-state index in [1.807, 2.05) is 60.7 Å². The average molecular weight is 512 g/mol. The highest BCUT2D eigenvalue weighted by Crippen LogP contribution is 2.37. The predicted octanol–water partition coefficient (Wildman–Crippen LogP) is 7.06. The van der Waals surface area contributed by atoms with Crippen LogP contribution in [0.5, 0.6) is 11.5 Å². The summed E-state index contributed by atoms with van der Waals surface area (Å²) in [5.74, 6) is 1.38. The minimum atomic E-state index is 0.477. The van der Waals surface area contributed by atoms with E-state index in [1.54, 1.807) is 7.11 Å². The zero-order valence-electron chi connectivity index (χ0n) is 14.6. The fraction of sp³-hybridized carbons (Fsp3) is 0.143. The van der Waals surface area contributed by atoms with Crippen molar-refractivity contribution in [1.82, 2.24) is 0 Å². The van der Waals surface area contributed by atoms with Crippen molar-refractivity contribution in [1.29, 1.82) is 0 Å². The largest absolute Gasteiger partial charge is 0.493 e. The molecule has 0 amide bonds. The van der Waals surface area contributed by atoms with Crippen molar-refractivity contribution in [2.45, 2.75) is 13.2 Å². The molecule has 0 atom stereocenters. The number of hydrogen-bond donors (Lipinski definition) is 1. The molecule has 6 heteroatoms. The summed E-state index contributed by atoms with van der Waals surface area (Å²) in [6.45, 7) is 1.11. The Kier molecular flexibility index (Phi) is 7.05. The Balaban J connectivity index is 1.72. The average Bonchev–Trinajstić information content (AvgIpc) is 2.68. The summed E-state index contributed by atoms with van der Waals surface area (Å²) in [7, 11) is 1.64. The fourth-order valence-electron chi connectivity index (χ4n) is 2.56. The van der Waals surface area contributed by atoms with Gasteiger partial charge in [-0.2, -0.15) is 0 Å². The van der Waals surface area contributed by atoms with Crippen LogP contribution >= 0.6 is 43.5 Å². The molecule has 0 aliphatic rings. The van der Waals surface area contributed by atoms with E-state index in [-0.39, 0.29) is 0 Å². The molecule has 0 unspecified atom stereocenters. The van der Waals surface area contributed by atoms with Gasteiger partial charge in [0.15, 0.2) is 11.5 Å². The van der Waals surface area contributed by atoms with Crippen LogP contribution < -0.4 is 14.8 Å². The third-order valence-corrected chi connectivity index (χ3v) is 5.75. The van der Waals surface area contributed by atoms with Gasteiger partial charge in [-0.1, -0.05) is 41.9 Å².